The van der Waals surface area contributed by atoms with Crippen molar-refractivity contribution in [3.63, 3.8) is 0 Å². The van der Waals surface area contributed by atoms with Gasteiger partial charge in [0, 0.05) is 24.5 Å². The largest absolute Gasteiger partial charge is 0.467 e. The second-order valence-corrected chi connectivity index (χ2v) is 6.32. The predicted molar refractivity (Wildman–Crippen MR) is 94.9 cm³/mol. The Morgan fingerprint density at radius 3 is 2.80 bits per heavy atom. The Morgan fingerprint density at radius 1 is 1.32 bits per heavy atom. The van der Waals surface area contributed by atoms with Gasteiger partial charge in [0.05, 0.1) is 18.1 Å². The topological polar surface area (TPSA) is 85.8 Å². The molecule has 0 unspecified atom stereocenters. The maximum atomic E-state index is 12.2. The van der Waals surface area contributed by atoms with Crippen molar-refractivity contribution in [1.82, 2.24) is 25.1 Å². The number of thioether (sulfide) groups is 1. The minimum absolute atomic E-state index is 0.0787. The first-order valence-corrected chi connectivity index (χ1v) is 8.96. The summed E-state index contributed by atoms with van der Waals surface area (Å²) in [5, 5.41) is 12.1. The lowest BCUT2D eigenvalue weighted by molar-refractivity contribution is -0.119. The van der Waals surface area contributed by atoms with Gasteiger partial charge >= 0.3 is 0 Å². The second-order valence-electron chi connectivity index (χ2n) is 5.38. The molecule has 0 aliphatic heterocycles. The number of hydrogen-bond donors (Lipinski definition) is 1. The average molecular weight is 357 g/mol. The summed E-state index contributed by atoms with van der Waals surface area (Å²) in [5.41, 5.74) is 0.951. The summed E-state index contributed by atoms with van der Waals surface area (Å²) < 4.78 is 7.28. The van der Waals surface area contributed by atoms with Gasteiger partial charge in [0.25, 0.3) is 0 Å². The van der Waals surface area contributed by atoms with E-state index < -0.39 is 0 Å². The molecular formula is C17H19N5O2S. The van der Waals surface area contributed by atoms with Crippen molar-refractivity contribution in [1.29, 1.82) is 0 Å². The molecule has 0 spiro atoms. The molecule has 3 heterocycles. The Morgan fingerprint density at radius 2 is 2.12 bits per heavy atom. The van der Waals surface area contributed by atoms with Gasteiger partial charge in [0.15, 0.2) is 11.0 Å². The summed E-state index contributed by atoms with van der Waals surface area (Å²) in [4.78, 5) is 16.2. The summed E-state index contributed by atoms with van der Waals surface area (Å²) in [6.07, 6.45) is 5.04. The summed E-state index contributed by atoms with van der Waals surface area (Å²) in [5.74, 6) is 1.69. The Kier molecular flexibility index (Phi) is 5.49. The van der Waals surface area contributed by atoms with Gasteiger partial charge in [0.2, 0.25) is 5.91 Å². The monoisotopic (exact) mass is 357 g/mol. The number of carbonyl (C=O) groups excluding carboxylic acids is 1. The van der Waals surface area contributed by atoms with Gasteiger partial charge in [-0.2, -0.15) is 0 Å². The highest BCUT2D eigenvalue weighted by atomic mass is 32.2. The molecule has 0 aliphatic rings. The normalized spacial score (nSPS) is 12.1. The van der Waals surface area contributed by atoms with Gasteiger partial charge in [-0.3, -0.25) is 9.78 Å². The minimum Gasteiger partial charge on any atom is -0.467 e. The molecule has 3 rings (SSSR count). The number of rotatable bonds is 7. The zero-order chi connectivity index (χ0) is 17.6. The van der Waals surface area contributed by atoms with Crippen molar-refractivity contribution < 1.29 is 9.21 Å². The Bertz CT molecular complexity index is 817. The van der Waals surface area contributed by atoms with Gasteiger partial charge in [-0.15, -0.1) is 10.2 Å². The van der Waals surface area contributed by atoms with Crippen LogP contribution in [0.4, 0.5) is 0 Å². The van der Waals surface area contributed by atoms with Crippen molar-refractivity contribution in [2.24, 2.45) is 0 Å². The van der Waals surface area contributed by atoms with Gasteiger partial charge in [0.1, 0.15) is 5.76 Å². The molecule has 130 valence electrons. The molecule has 3 aromatic rings. The second kappa shape index (κ2) is 7.98. The molecular weight excluding hydrogens is 338 g/mol. The lowest BCUT2D eigenvalue weighted by Gasteiger charge is -2.11. The lowest BCUT2D eigenvalue weighted by atomic mass is 10.2. The number of hydrogen-bond acceptors (Lipinski definition) is 6. The molecule has 0 saturated carbocycles. The van der Waals surface area contributed by atoms with E-state index in [1.54, 1.807) is 24.7 Å². The number of pyridine rings is 1. The molecule has 0 aliphatic carbocycles. The molecule has 25 heavy (non-hydrogen) atoms. The van der Waals surface area contributed by atoms with Crippen molar-refractivity contribution >= 4 is 17.7 Å². The van der Waals surface area contributed by atoms with E-state index in [0.29, 0.717) is 0 Å². The summed E-state index contributed by atoms with van der Waals surface area (Å²) in [6.45, 7) is 4.63. The standard InChI is InChI=1S/C17H19N5O2S/c1-3-22-16(13-6-8-18-9-7-13)20-21-17(22)25-11-15(23)19-12(2)14-5-4-10-24-14/h4-10,12H,3,11H2,1-2H3,(H,19,23)/t12-/m0/s1. The van der Waals surface area contributed by atoms with Crippen molar-refractivity contribution in [2.75, 3.05) is 5.75 Å². The summed E-state index contributed by atoms with van der Waals surface area (Å²) >= 11 is 1.37. The average Bonchev–Trinajstić information content (AvgIpc) is 3.30. The van der Waals surface area contributed by atoms with E-state index in [1.165, 1.54) is 11.8 Å². The quantitative estimate of drug-likeness (QED) is 0.654. The first-order valence-electron chi connectivity index (χ1n) is 7.98. The van der Waals surface area contributed by atoms with E-state index in [2.05, 4.69) is 20.5 Å². The smallest absolute Gasteiger partial charge is 0.231 e. The maximum absolute atomic E-state index is 12.2. The third-order valence-corrected chi connectivity index (χ3v) is 4.62. The van der Waals surface area contributed by atoms with Gasteiger partial charge in [-0.1, -0.05) is 11.8 Å². The molecule has 1 N–H and O–H groups in total. The van der Waals surface area contributed by atoms with Crippen LogP contribution in [0.25, 0.3) is 11.4 Å². The van der Waals surface area contributed by atoms with Gasteiger partial charge in [-0.05, 0) is 38.1 Å². The molecule has 0 bridgehead atoms. The Labute approximate surface area is 149 Å². The number of carbonyl (C=O) groups is 1. The van der Waals surface area contributed by atoms with Crippen LogP contribution in [0.2, 0.25) is 0 Å². The predicted octanol–water partition coefficient (Wildman–Crippen LogP) is 2.92. The van der Waals surface area contributed by atoms with Crippen molar-refractivity contribution in [3.05, 3.63) is 48.7 Å². The number of amides is 1. The van der Waals surface area contributed by atoms with E-state index >= 15 is 0 Å². The molecule has 0 radical (unpaired) electrons. The maximum Gasteiger partial charge on any atom is 0.231 e. The highest BCUT2D eigenvalue weighted by Crippen LogP contribution is 2.23. The first kappa shape index (κ1) is 17.2. The first-order chi connectivity index (χ1) is 12.2. The van der Waals surface area contributed by atoms with Crippen LogP contribution in [0.15, 0.2) is 52.5 Å². The van der Waals surface area contributed by atoms with E-state index in [-0.39, 0.29) is 17.7 Å². The fraction of sp³-hybridized carbons (Fsp3) is 0.294. The number of furan rings is 1. The van der Waals surface area contributed by atoms with Gasteiger partial charge in [-0.25, -0.2) is 0 Å². The summed E-state index contributed by atoms with van der Waals surface area (Å²) in [6, 6.07) is 7.26. The van der Waals surface area contributed by atoms with Crippen LogP contribution in [0.5, 0.6) is 0 Å². The van der Waals surface area contributed by atoms with Crippen LogP contribution in [0.3, 0.4) is 0 Å². The fourth-order valence-corrected chi connectivity index (χ4v) is 3.23. The molecule has 1 amide bonds. The molecule has 7 nitrogen and oxygen atoms in total. The number of aromatic nitrogens is 4. The highest BCUT2D eigenvalue weighted by molar-refractivity contribution is 7.99. The van der Waals surface area contributed by atoms with Crippen LogP contribution in [0, 0.1) is 0 Å². The van der Waals surface area contributed by atoms with E-state index in [1.807, 2.05) is 36.6 Å². The molecule has 8 heteroatoms. The molecule has 0 fully saturated rings. The zero-order valence-electron chi connectivity index (χ0n) is 14.0. The van der Waals surface area contributed by atoms with E-state index in [0.717, 1.165) is 28.8 Å². The fourth-order valence-electron chi connectivity index (χ4n) is 2.42. The van der Waals surface area contributed by atoms with Crippen LogP contribution >= 0.6 is 11.8 Å². The highest BCUT2D eigenvalue weighted by Gasteiger charge is 2.16. The third kappa shape index (κ3) is 4.08. The van der Waals surface area contributed by atoms with E-state index in [9.17, 15) is 4.79 Å². The van der Waals surface area contributed by atoms with Crippen LogP contribution in [-0.2, 0) is 11.3 Å². The molecule has 3 aromatic heterocycles. The number of nitrogens with zero attached hydrogens (tertiary/aromatic N) is 4. The van der Waals surface area contributed by atoms with E-state index in [4.69, 9.17) is 4.42 Å². The lowest BCUT2D eigenvalue weighted by Crippen LogP contribution is -2.28. The third-order valence-electron chi connectivity index (χ3n) is 3.65. The SMILES string of the molecule is CCn1c(SCC(=O)N[C@@H](C)c2ccco2)nnc1-c1ccncc1. The Balaban J connectivity index is 1.63. The van der Waals surface area contributed by atoms with Gasteiger partial charge < -0.3 is 14.3 Å². The van der Waals surface area contributed by atoms with Crippen molar-refractivity contribution in [3.8, 4) is 11.4 Å². The molecule has 0 aromatic carbocycles. The molecule has 1 atom stereocenters. The zero-order valence-corrected chi connectivity index (χ0v) is 14.9. The minimum atomic E-state index is -0.167. The number of nitrogens with one attached hydrogen (secondary N) is 1. The van der Waals surface area contributed by atoms with Crippen molar-refractivity contribution in [2.45, 2.75) is 31.6 Å². The molecule has 0 saturated heterocycles. The Hall–Kier alpha value is -2.61. The van der Waals surface area contributed by atoms with Crippen LogP contribution < -0.4 is 5.32 Å². The van der Waals surface area contributed by atoms with Crippen LogP contribution in [-0.4, -0.2) is 31.4 Å². The summed E-state index contributed by atoms with van der Waals surface area (Å²) in [7, 11) is 0. The van der Waals surface area contributed by atoms with Crippen LogP contribution in [0.1, 0.15) is 25.6 Å².